The molecule has 98 valence electrons. The van der Waals surface area contributed by atoms with Crippen LogP contribution in [0.5, 0.6) is 0 Å². The second-order valence-corrected chi connectivity index (χ2v) is 4.91. The highest BCUT2D eigenvalue weighted by Crippen LogP contribution is 2.29. The van der Waals surface area contributed by atoms with E-state index in [-0.39, 0.29) is 0 Å². The zero-order valence-electron chi connectivity index (χ0n) is 9.58. The lowest BCUT2D eigenvalue weighted by Crippen LogP contribution is -2.19. The van der Waals surface area contributed by atoms with Gasteiger partial charge in [-0.05, 0) is 36.4 Å². The molecule has 0 aromatic heterocycles. The predicted molar refractivity (Wildman–Crippen MR) is 80.6 cm³/mol. The molecule has 0 aliphatic carbocycles. The van der Waals surface area contributed by atoms with E-state index in [0.717, 1.165) is 0 Å². The summed E-state index contributed by atoms with van der Waals surface area (Å²) in [6, 6.07) is 11.4. The number of benzene rings is 2. The van der Waals surface area contributed by atoms with Crippen molar-refractivity contribution < 1.29 is 4.79 Å². The van der Waals surface area contributed by atoms with Crippen LogP contribution in [-0.4, -0.2) is 6.03 Å². The third-order valence-electron chi connectivity index (χ3n) is 2.30. The van der Waals surface area contributed by atoms with E-state index >= 15 is 0 Å². The molecule has 19 heavy (non-hydrogen) atoms. The predicted octanol–water partition coefficient (Wildman–Crippen LogP) is 5.29. The van der Waals surface area contributed by atoms with Gasteiger partial charge in [0.25, 0.3) is 0 Å². The van der Waals surface area contributed by atoms with Crippen LogP contribution in [0.2, 0.25) is 15.1 Å². The first-order valence-electron chi connectivity index (χ1n) is 5.34. The fourth-order valence-electron chi connectivity index (χ4n) is 1.42. The van der Waals surface area contributed by atoms with E-state index in [0.29, 0.717) is 26.4 Å². The van der Waals surface area contributed by atoms with Crippen LogP contribution in [0.25, 0.3) is 0 Å². The molecule has 0 spiro atoms. The summed E-state index contributed by atoms with van der Waals surface area (Å²) >= 11 is 17.6. The number of carbonyl (C=O) groups is 1. The maximum atomic E-state index is 11.8. The number of carbonyl (C=O) groups excluding carboxylic acids is 1. The molecule has 0 saturated heterocycles. The Kier molecular flexibility index (Phi) is 4.53. The molecule has 2 aromatic rings. The van der Waals surface area contributed by atoms with E-state index in [4.69, 9.17) is 34.8 Å². The molecular weight excluding hydrogens is 307 g/mol. The first kappa shape index (κ1) is 14.0. The Morgan fingerprint density at radius 1 is 0.895 bits per heavy atom. The van der Waals surface area contributed by atoms with Crippen molar-refractivity contribution in [1.29, 1.82) is 0 Å². The van der Waals surface area contributed by atoms with Crippen molar-refractivity contribution >= 4 is 52.2 Å². The third-order valence-corrected chi connectivity index (χ3v) is 3.37. The van der Waals surface area contributed by atoms with E-state index in [9.17, 15) is 4.79 Å². The van der Waals surface area contributed by atoms with Crippen LogP contribution in [-0.2, 0) is 0 Å². The lowest BCUT2D eigenvalue weighted by molar-refractivity contribution is 0.262. The number of anilines is 2. The minimum atomic E-state index is -0.411. The number of hydrogen-bond acceptors (Lipinski definition) is 1. The van der Waals surface area contributed by atoms with Crippen LogP contribution in [0.3, 0.4) is 0 Å². The third kappa shape index (κ3) is 3.77. The molecule has 2 aromatic carbocycles. The van der Waals surface area contributed by atoms with E-state index < -0.39 is 6.03 Å². The van der Waals surface area contributed by atoms with E-state index in [2.05, 4.69) is 10.6 Å². The average Bonchev–Trinajstić information content (AvgIpc) is 2.38. The molecule has 0 radical (unpaired) electrons. The summed E-state index contributed by atoms with van der Waals surface area (Å²) in [6.07, 6.45) is 0. The molecule has 2 amide bonds. The molecule has 0 bridgehead atoms. The van der Waals surface area contributed by atoms with Gasteiger partial charge >= 0.3 is 6.03 Å². The van der Waals surface area contributed by atoms with E-state index in [1.807, 2.05) is 0 Å². The zero-order chi connectivity index (χ0) is 13.8. The molecule has 0 atom stereocenters. The van der Waals surface area contributed by atoms with Gasteiger partial charge in [0.1, 0.15) is 0 Å². The van der Waals surface area contributed by atoms with Crippen molar-refractivity contribution in [3.8, 4) is 0 Å². The summed E-state index contributed by atoms with van der Waals surface area (Å²) < 4.78 is 0. The molecule has 0 aliphatic rings. The van der Waals surface area contributed by atoms with Crippen molar-refractivity contribution in [1.82, 2.24) is 0 Å². The van der Waals surface area contributed by atoms with Crippen molar-refractivity contribution in [2.24, 2.45) is 0 Å². The summed E-state index contributed by atoms with van der Waals surface area (Å²) in [5.74, 6) is 0. The Morgan fingerprint density at radius 3 is 2.26 bits per heavy atom. The van der Waals surface area contributed by atoms with Crippen LogP contribution in [0.1, 0.15) is 0 Å². The van der Waals surface area contributed by atoms with Gasteiger partial charge in [-0.15, -0.1) is 0 Å². The number of urea groups is 1. The lowest BCUT2D eigenvalue weighted by atomic mass is 10.3. The molecule has 6 heteroatoms. The highest BCUT2D eigenvalue weighted by molar-refractivity contribution is 6.44. The second-order valence-electron chi connectivity index (χ2n) is 3.69. The lowest BCUT2D eigenvalue weighted by Gasteiger charge is -2.09. The Morgan fingerprint density at radius 2 is 1.58 bits per heavy atom. The fourth-order valence-corrected chi connectivity index (χ4v) is 1.89. The van der Waals surface area contributed by atoms with Crippen molar-refractivity contribution in [3.05, 3.63) is 57.5 Å². The smallest absolute Gasteiger partial charge is 0.308 e. The second kappa shape index (κ2) is 6.15. The first-order chi connectivity index (χ1) is 9.06. The molecule has 0 saturated carbocycles. The number of nitrogens with one attached hydrogen (secondary N) is 2. The monoisotopic (exact) mass is 314 g/mol. The minimum absolute atomic E-state index is 0.301. The van der Waals surface area contributed by atoms with Gasteiger partial charge in [0.15, 0.2) is 0 Å². The van der Waals surface area contributed by atoms with Gasteiger partial charge < -0.3 is 10.6 Å². The molecule has 2 rings (SSSR count). The van der Waals surface area contributed by atoms with Crippen LogP contribution < -0.4 is 10.6 Å². The maximum absolute atomic E-state index is 11.8. The molecule has 0 heterocycles. The largest absolute Gasteiger partial charge is 0.323 e. The van der Waals surface area contributed by atoms with Crippen LogP contribution in [0.15, 0.2) is 42.5 Å². The molecular formula is C13H9Cl3N2O. The van der Waals surface area contributed by atoms with Crippen LogP contribution in [0, 0.1) is 0 Å². The summed E-state index contributed by atoms with van der Waals surface area (Å²) in [7, 11) is 0. The fraction of sp³-hybridized carbons (Fsp3) is 0. The van der Waals surface area contributed by atoms with Gasteiger partial charge in [0, 0.05) is 10.7 Å². The Bertz CT molecular complexity index is 599. The molecule has 2 N–H and O–H groups in total. The SMILES string of the molecule is O=C(Nc1ccc(Cl)cc1)Nc1cccc(Cl)c1Cl. The normalized spacial score (nSPS) is 10.1. The molecule has 3 nitrogen and oxygen atoms in total. The van der Waals surface area contributed by atoms with Gasteiger partial charge in [-0.3, -0.25) is 0 Å². The molecule has 0 fully saturated rings. The van der Waals surface area contributed by atoms with Crippen molar-refractivity contribution in [2.45, 2.75) is 0 Å². The quantitative estimate of drug-likeness (QED) is 0.776. The summed E-state index contributed by atoms with van der Waals surface area (Å²) in [4.78, 5) is 11.8. The van der Waals surface area contributed by atoms with Crippen molar-refractivity contribution in [3.63, 3.8) is 0 Å². The minimum Gasteiger partial charge on any atom is -0.308 e. The molecule has 0 unspecified atom stereocenters. The number of amides is 2. The number of halogens is 3. The van der Waals surface area contributed by atoms with Crippen LogP contribution in [0.4, 0.5) is 16.2 Å². The van der Waals surface area contributed by atoms with Gasteiger partial charge in [-0.1, -0.05) is 40.9 Å². The Hall–Kier alpha value is -1.42. The summed E-state index contributed by atoms with van der Waals surface area (Å²) in [5, 5.41) is 6.55. The standard InChI is InChI=1S/C13H9Cl3N2O/c14-8-4-6-9(7-5-8)17-13(19)18-11-3-1-2-10(15)12(11)16/h1-7H,(H2,17,18,19). The highest BCUT2D eigenvalue weighted by Gasteiger charge is 2.08. The highest BCUT2D eigenvalue weighted by atomic mass is 35.5. The zero-order valence-corrected chi connectivity index (χ0v) is 11.9. The Balaban J connectivity index is 2.05. The first-order valence-corrected chi connectivity index (χ1v) is 6.47. The van der Waals surface area contributed by atoms with E-state index in [1.165, 1.54) is 0 Å². The number of hydrogen-bond donors (Lipinski definition) is 2. The Labute approximate surface area is 125 Å². The van der Waals surface area contributed by atoms with Gasteiger partial charge in [0.2, 0.25) is 0 Å². The summed E-state index contributed by atoms with van der Waals surface area (Å²) in [5.41, 5.74) is 1.07. The maximum Gasteiger partial charge on any atom is 0.323 e. The topological polar surface area (TPSA) is 41.1 Å². The average molecular weight is 316 g/mol. The summed E-state index contributed by atoms with van der Waals surface area (Å²) in [6.45, 7) is 0. The van der Waals surface area contributed by atoms with E-state index in [1.54, 1.807) is 42.5 Å². The number of rotatable bonds is 2. The molecule has 0 aliphatic heterocycles. The van der Waals surface area contributed by atoms with Gasteiger partial charge in [-0.2, -0.15) is 0 Å². The van der Waals surface area contributed by atoms with Gasteiger partial charge in [-0.25, -0.2) is 4.79 Å². The van der Waals surface area contributed by atoms with Crippen LogP contribution >= 0.6 is 34.8 Å². The van der Waals surface area contributed by atoms with Crippen molar-refractivity contribution in [2.75, 3.05) is 10.6 Å². The van der Waals surface area contributed by atoms with Gasteiger partial charge in [0.05, 0.1) is 15.7 Å².